The standard InChI is InChI=1S/C39H32BrNO7/c40-25-17-13-24(14-18-25)39(46)48-26-19-15-23(16-20-26)31(42)22-47-32(43)12-2-1-7-21-41-37(44)35-33-27-8-3-4-9-28(27)34(36(35)38(41)45)30-11-6-5-10-29(30)33/h3-6,8-11,13-20,33-36H,1-2,7,12,21-22H2/t33?,34?,35-,36-/m1/s1. The zero-order valence-electron chi connectivity index (χ0n) is 26.0. The lowest BCUT2D eigenvalue weighted by Crippen LogP contribution is -2.41. The van der Waals surface area contributed by atoms with Crippen LogP contribution in [0.15, 0.2) is 102 Å². The highest BCUT2D eigenvalue weighted by molar-refractivity contribution is 9.10. The number of hydrogen-bond acceptors (Lipinski definition) is 7. The highest BCUT2D eigenvalue weighted by Crippen LogP contribution is 2.60. The van der Waals surface area contributed by atoms with Crippen molar-refractivity contribution < 1.29 is 33.4 Å². The Kier molecular flexibility index (Phi) is 8.79. The summed E-state index contributed by atoms with van der Waals surface area (Å²) in [6.07, 6.45) is 1.84. The van der Waals surface area contributed by atoms with E-state index >= 15 is 0 Å². The number of halogens is 1. The smallest absolute Gasteiger partial charge is 0.343 e. The Morgan fingerprint density at radius 2 is 1.17 bits per heavy atom. The number of unbranched alkanes of at least 4 members (excludes halogenated alkanes) is 2. The zero-order valence-corrected chi connectivity index (χ0v) is 27.6. The molecule has 0 spiro atoms. The van der Waals surface area contributed by atoms with E-state index in [2.05, 4.69) is 40.2 Å². The minimum atomic E-state index is -0.518. The SMILES string of the molecule is O=C(CCCCCN1C(=O)[C@@H]2C3c4ccccc4C(c4ccccc43)[C@H]2C1=O)OCC(=O)c1ccc(OC(=O)c2ccc(Br)cc2)cc1. The average Bonchev–Trinajstić information content (AvgIpc) is 3.36. The Hall–Kier alpha value is -4.89. The molecule has 0 N–H and O–H groups in total. The molecular weight excluding hydrogens is 674 g/mol. The molecule has 2 bridgehead atoms. The number of benzene rings is 4. The summed E-state index contributed by atoms with van der Waals surface area (Å²) in [6, 6.07) is 29.2. The lowest BCUT2D eigenvalue weighted by molar-refractivity contribution is -0.143. The number of hydrogen-bond donors (Lipinski definition) is 0. The molecule has 0 unspecified atom stereocenters. The molecule has 8 rings (SSSR count). The lowest BCUT2D eigenvalue weighted by atomic mass is 9.55. The number of rotatable bonds is 11. The molecule has 0 aromatic heterocycles. The molecule has 9 heteroatoms. The van der Waals surface area contributed by atoms with E-state index in [1.54, 1.807) is 24.3 Å². The van der Waals surface area contributed by atoms with Gasteiger partial charge in [0.1, 0.15) is 5.75 Å². The molecule has 8 nitrogen and oxygen atoms in total. The molecule has 1 heterocycles. The molecule has 0 saturated carbocycles. The van der Waals surface area contributed by atoms with E-state index in [-0.39, 0.29) is 53.4 Å². The number of imide groups is 1. The van der Waals surface area contributed by atoms with E-state index in [4.69, 9.17) is 9.47 Å². The number of carbonyl (C=O) groups is 5. The van der Waals surface area contributed by atoms with Gasteiger partial charge in [-0.15, -0.1) is 0 Å². The van der Waals surface area contributed by atoms with Gasteiger partial charge in [-0.05, 0) is 83.6 Å². The van der Waals surface area contributed by atoms with Gasteiger partial charge in [-0.1, -0.05) is 70.9 Å². The first-order valence-corrected chi connectivity index (χ1v) is 16.9. The monoisotopic (exact) mass is 705 g/mol. The van der Waals surface area contributed by atoms with E-state index in [1.807, 2.05) is 24.3 Å². The van der Waals surface area contributed by atoms with Crippen molar-refractivity contribution in [2.24, 2.45) is 11.8 Å². The van der Waals surface area contributed by atoms with Crippen molar-refractivity contribution in [1.82, 2.24) is 4.90 Å². The van der Waals surface area contributed by atoms with Crippen LogP contribution in [-0.2, 0) is 19.1 Å². The third kappa shape index (κ3) is 5.87. The molecule has 242 valence electrons. The summed E-state index contributed by atoms with van der Waals surface area (Å²) < 4.78 is 11.4. The molecule has 1 saturated heterocycles. The predicted molar refractivity (Wildman–Crippen MR) is 180 cm³/mol. The summed E-state index contributed by atoms with van der Waals surface area (Å²) in [5.74, 6) is -2.31. The van der Waals surface area contributed by atoms with E-state index < -0.39 is 18.5 Å². The average molecular weight is 707 g/mol. The second kappa shape index (κ2) is 13.3. The normalized spacial score (nSPS) is 20.1. The molecule has 4 aromatic rings. The van der Waals surface area contributed by atoms with Gasteiger partial charge < -0.3 is 9.47 Å². The van der Waals surface area contributed by atoms with E-state index in [0.717, 1.165) is 26.7 Å². The van der Waals surface area contributed by atoms with E-state index in [0.29, 0.717) is 36.9 Å². The Morgan fingerprint density at radius 3 is 1.71 bits per heavy atom. The van der Waals surface area contributed by atoms with Gasteiger partial charge in [0, 0.05) is 34.8 Å². The fraction of sp³-hybridized carbons (Fsp3) is 0.256. The van der Waals surface area contributed by atoms with Crippen LogP contribution < -0.4 is 4.74 Å². The molecule has 3 aliphatic carbocycles. The summed E-state index contributed by atoms with van der Waals surface area (Å²) in [5, 5.41) is 0. The first-order valence-electron chi connectivity index (χ1n) is 16.1. The Morgan fingerprint density at radius 1 is 0.646 bits per heavy atom. The first kappa shape index (κ1) is 31.7. The van der Waals surface area contributed by atoms with Crippen molar-refractivity contribution in [2.75, 3.05) is 13.2 Å². The van der Waals surface area contributed by atoms with Crippen LogP contribution in [0.25, 0.3) is 0 Å². The van der Waals surface area contributed by atoms with Crippen LogP contribution in [0.5, 0.6) is 5.75 Å². The molecule has 4 aliphatic rings. The molecule has 1 fully saturated rings. The van der Waals surface area contributed by atoms with Crippen LogP contribution in [0, 0.1) is 11.8 Å². The van der Waals surface area contributed by atoms with Gasteiger partial charge in [0.2, 0.25) is 11.8 Å². The maximum atomic E-state index is 13.7. The molecular formula is C39H32BrNO7. The van der Waals surface area contributed by atoms with Crippen molar-refractivity contribution >= 4 is 45.5 Å². The number of esters is 2. The Bertz CT molecular complexity index is 1800. The zero-order chi connectivity index (χ0) is 33.4. The summed E-state index contributed by atoms with van der Waals surface area (Å²) in [4.78, 5) is 66.1. The fourth-order valence-electron chi connectivity index (χ4n) is 7.44. The number of amides is 2. The summed E-state index contributed by atoms with van der Waals surface area (Å²) in [5.41, 5.74) is 5.32. The molecule has 0 radical (unpaired) electrons. The van der Waals surface area contributed by atoms with Gasteiger partial charge in [0.15, 0.2) is 12.4 Å². The van der Waals surface area contributed by atoms with Gasteiger partial charge in [0.05, 0.1) is 17.4 Å². The van der Waals surface area contributed by atoms with Crippen molar-refractivity contribution in [3.63, 3.8) is 0 Å². The van der Waals surface area contributed by atoms with Crippen LogP contribution in [0.3, 0.4) is 0 Å². The van der Waals surface area contributed by atoms with Gasteiger partial charge in [-0.25, -0.2) is 4.79 Å². The number of carbonyl (C=O) groups excluding carboxylic acids is 5. The van der Waals surface area contributed by atoms with E-state index in [1.165, 1.54) is 29.2 Å². The van der Waals surface area contributed by atoms with Crippen molar-refractivity contribution in [3.8, 4) is 5.75 Å². The van der Waals surface area contributed by atoms with E-state index in [9.17, 15) is 24.0 Å². The fourth-order valence-corrected chi connectivity index (χ4v) is 7.70. The predicted octanol–water partition coefficient (Wildman–Crippen LogP) is 6.85. The third-order valence-electron chi connectivity index (χ3n) is 9.63. The lowest BCUT2D eigenvalue weighted by Gasteiger charge is -2.45. The van der Waals surface area contributed by atoms with Crippen molar-refractivity contribution in [1.29, 1.82) is 0 Å². The van der Waals surface area contributed by atoms with Crippen LogP contribution in [0.1, 0.15) is 80.5 Å². The van der Waals surface area contributed by atoms with Gasteiger partial charge in [-0.2, -0.15) is 0 Å². The molecule has 2 amide bonds. The number of ether oxygens (including phenoxy) is 2. The van der Waals surface area contributed by atoms with Gasteiger partial charge >= 0.3 is 11.9 Å². The summed E-state index contributed by atoms with van der Waals surface area (Å²) >= 11 is 3.32. The minimum Gasteiger partial charge on any atom is -0.457 e. The van der Waals surface area contributed by atoms with Crippen LogP contribution >= 0.6 is 15.9 Å². The van der Waals surface area contributed by atoms with Crippen LogP contribution in [-0.4, -0.2) is 47.6 Å². The summed E-state index contributed by atoms with van der Waals surface area (Å²) in [6.45, 7) is -0.0811. The van der Waals surface area contributed by atoms with Gasteiger partial charge in [-0.3, -0.25) is 24.1 Å². The Labute approximate surface area is 286 Å². The summed E-state index contributed by atoms with van der Waals surface area (Å²) in [7, 11) is 0. The Balaban J connectivity index is 0.859. The highest BCUT2D eigenvalue weighted by atomic mass is 79.9. The van der Waals surface area contributed by atoms with Crippen LogP contribution in [0.4, 0.5) is 0 Å². The quantitative estimate of drug-likeness (QED) is 0.0553. The largest absolute Gasteiger partial charge is 0.457 e. The molecule has 48 heavy (non-hydrogen) atoms. The number of Topliss-reactive ketones (excluding diaryl/α,β-unsaturated/α-hetero) is 1. The third-order valence-corrected chi connectivity index (χ3v) is 10.2. The van der Waals surface area contributed by atoms with Gasteiger partial charge in [0.25, 0.3) is 0 Å². The number of ketones is 1. The molecule has 2 atom stereocenters. The molecule has 1 aliphatic heterocycles. The molecule has 4 aromatic carbocycles. The number of nitrogens with zero attached hydrogens (tertiary/aromatic N) is 1. The second-order valence-electron chi connectivity index (χ2n) is 12.4. The van der Waals surface area contributed by atoms with Crippen LogP contribution in [0.2, 0.25) is 0 Å². The minimum absolute atomic E-state index is 0.0993. The maximum absolute atomic E-state index is 13.7. The second-order valence-corrected chi connectivity index (χ2v) is 13.3. The number of likely N-dealkylation sites (tertiary alicyclic amines) is 1. The van der Waals surface area contributed by atoms with Crippen molar-refractivity contribution in [3.05, 3.63) is 135 Å². The highest BCUT2D eigenvalue weighted by Gasteiger charge is 2.61. The topological polar surface area (TPSA) is 107 Å². The first-order chi connectivity index (χ1) is 23.3. The maximum Gasteiger partial charge on any atom is 0.343 e. The van der Waals surface area contributed by atoms with Crippen molar-refractivity contribution in [2.45, 2.75) is 37.5 Å².